The summed E-state index contributed by atoms with van der Waals surface area (Å²) in [5, 5.41) is 9.23. The van der Waals surface area contributed by atoms with E-state index in [0.29, 0.717) is 10.8 Å². The van der Waals surface area contributed by atoms with Gasteiger partial charge in [-0.3, -0.25) is 0 Å². The van der Waals surface area contributed by atoms with Crippen molar-refractivity contribution < 1.29 is 9.84 Å². The van der Waals surface area contributed by atoms with Gasteiger partial charge in [-0.15, -0.1) is 0 Å². The first-order valence-electron chi connectivity index (χ1n) is 4.99. The second kappa shape index (κ2) is 4.86. The third-order valence-corrected chi connectivity index (χ3v) is 2.44. The van der Waals surface area contributed by atoms with Crippen LogP contribution in [-0.4, -0.2) is 18.3 Å². The molecule has 1 rings (SSSR count). The van der Waals surface area contributed by atoms with Crippen molar-refractivity contribution in [1.29, 1.82) is 0 Å². The number of hydrogen-bond donors (Lipinski definition) is 1. The summed E-state index contributed by atoms with van der Waals surface area (Å²) in [6.07, 6.45) is 0. The van der Waals surface area contributed by atoms with Crippen molar-refractivity contribution >= 4 is 11.6 Å². The van der Waals surface area contributed by atoms with E-state index in [4.69, 9.17) is 21.4 Å². The van der Waals surface area contributed by atoms with E-state index in [0.717, 1.165) is 0 Å². The predicted octanol–water partition coefficient (Wildman–Crippen LogP) is 3.01. The van der Waals surface area contributed by atoms with Crippen molar-refractivity contribution in [3.05, 3.63) is 28.8 Å². The molecule has 2 nitrogen and oxygen atoms in total. The molecule has 3 heteroatoms. The smallest absolute Gasteiger partial charge is 0.138 e. The van der Waals surface area contributed by atoms with Crippen LogP contribution >= 0.6 is 11.6 Å². The van der Waals surface area contributed by atoms with E-state index in [9.17, 15) is 0 Å². The van der Waals surface area contributed by atoms with Gasteiger partial charge in [0.1, 0.15) is 12.4 Å². The van der Waals surface area contributed by atoms with Gasteiger partial charge in [0.05, 0.1) is 11.6 Å². The summed E-state index contributed by atoms with van der Waals surface area (Å²) < 4.78 is 5.27. The zero-order valence-corrected chi connectivity index (χ0v) is 10.1. The number of aliphatic hydroxyl groups excluding tert-OH is 1. The van der Waals surface area contributed by atoms with Crippen LogP contribution < -0.4 is 4.74 Å². The van der Waals surface area contributed by atoms with E-state index in [1.165, 1.54) is 5.56 Å². The fourth-order valence-corrected chi connectivity index (χ4v) is 1.48. The predicted molar refractivity (Wildman–Crippen MR) is 62.7 cm³/mol. The number of ether oxygens (including phenoxy) is 1. The summed E-state index contributed by atoms with van der Waals surface area (Å²) in [5.41, 5.74) is 1.25. The molecule has 0 atom stereocenters. The lowest BCUT2D eigenvalue weighted by Gasteiger charge is -2.20. The zero-order valence-electron chi connectivity index (χ0n) is 9.38. The van der Waals surface area contributed by atoms with Crippen LogP contribution in [0.4, 0.5) is 0 Å². The quantitative estimate of drug-likeness (QED) is 0.862. The molecular weight excluding hydrogens is 212 g/mol. The lowest BCUT2D eigenvalue weighted by atomic mass is 9.87. The summed E-state index contributed by atoms with van der Waals surface area (Å²) in [7, 11) is 0. The average Bonchev–Trinajstić information content (AvgIpc) is 2.14. The highest BCUT2D eigenvalue weighted by molar-refractivity contribution is 6.32. The van der Waals surface area contributed by atoms with E-state index in [1.807, 2.05) is 18.2 Å². The van der Waals surface area contributed by atoms with Gasteiger partial charge < -0.3 is 9.84 Å². The molecule has 0 saturated carbocycles. The average molecular weight is 229 g/mol. The fraction of sp³-hybridized carbons (Fsp3) is 0.500. The summed E-state index contributed by atoms with van der Waals surface area (Å²) in [6.45, 7) is 6.67. The molecule has 0 spiro atoms. The number of benzene rings is 1. The molecular formula is C12H17ClO2. The number of rotatable bonds is 3. The van der Waals surface area contributed by atoms with Crippen LogP contribution in [0.5, 0.6) is 5.75 Å². The Bertz CT molecular complexity index is 329. The van der Waals surface area contributed by atoms with Gasteiger partial charge in [-0.25, -0.2) is 0 Å². The lowest BCUT2D eigenvalue weighted by Crippen LogP contribution is -2.11. The summed E-state index contributed by atoms with van der Waals surface area (Å²) in [4.78, 5) is 0. The zero-order chi connectivity index (χ0) is 11.5. The van der Waals surface area contributed by atoms with Gasteiger partial charge in [0.25, 0.3) is 0 Å². The first-order valence-corrected chi connectivity index (χ1v) is 5.36. The molecule has 0 aliphatic heterocycles. The van der Waals surface area contributed by atoms with E-state index in [2.05, 4.69) is 20.8 Å². The van der Waals surface area contributed by atoms with Gasteiger partial charge in [-0.2, -0.15) is 0 Å². The molecule has 84 valence electrons. The standard InChI is InChI=1S/C12H17ClO2/c1-12(2,3)9-4-5-11(10(13)8-9)15-7-6-14/h4-5,8,14H,6-7H2,1-3H3. The first-order chi connectivity index (χ1) is 6.95. The van der Waals surface area contributed by atoms with Gasteiger partial charge in [0, 0.05) is 0 Å². The molecule has 0 aromatic heterocycles. The first kappa shape index (κ1) is 12.3. The Morgan fingerprint density at radius 3 is 2.47 bits per heavy atom. The molecule has 0 fully saturated rings. The Hall–Kier alpha value is -0.730. The van der Waals surface area contributed by atoms with Crippen molar-refractivity contribution in [1.82, 2.24) is 0 Å². The van der Waals surface area contributed by atoms with E-state index >= 15 is 0 Å². The molecule has 0 aliphatic rings. The molecule has 0 saturated heterocycles. The van der Waals surface area contributed by atoms with Crippen molar-refractivity contribution in [3.8, 4) is 5.75 Å². The maximum absolute atomic E-state index is 8.63. The highest BCUT2D eigenvalue weighted by Gasteiger charge is 2.15. The highest BCUT2D eigenvalue weighted by Crippen LogP contribution is 2.30. The Kier molecular flexibility index (Phi) is 4.00. The number of aliphatic hydroxyl groups is 1. The van der Waals surface area contributed by atoms with Crippen molar-refractivity contribution in [2.45, 2.75) is 26.2 Å². The Morgan fingerprint density at radius 2 is 2.00 bits per heavy atom. The van der Waals surface area contributed by atoms with Crippen LogP contribution in [-0.2, 0) is 5.41 Å². The third kappa shape index (κ3) is 3.40. The minimum Gasteiger partial charge on any atom is -0.490 e. The SMILES string of the molecule is CC(C)(C)c1ccc(OCCO)c(Cl)c1. The second-order valence-corrected chi connectivity index (χ2v) is 4.87. The van der Waals surface area contributed by atoms with Gasteiger partial charge in [0.15, 0.2) is 0 Å². The minimum absolute atomic E-state index is 0.00263. The highest BCUT2D eigenvalue weighted by atomic mass is 35.5. The Labute approximate surface area is 95.8 Å². The van der Waals surface area contributed by atoms with Crippen LogP contribution in [0, 0.1) is 0 Å². The fourth-order valence-electron chi connectivity index (χ4n) is 1.24. The van der Waals surface area contributed by atoms with E-state index in [1.54, 1.807) is 0 Å². The Balaban J connectivity index is 2.88. The molecule has 1 N–H and O–H groups in total. The molecule has 0 heterocycles. The molecule has 0 aliphatic carbocycles. The summed E-state index contributed by atoms with van der Waals surface area (Å²) in [5.74, 6) is 0.624. The lowest BCUT2D eigenvalue weighted by molar-refractivity contribution is 0.201. The van der Waals surface area contributed by atoms with Crippen LogP contribution in [0.15, 0.2) is 18.2 Å². The van der Waals surface area contributed by atoms with E-state index in [-0.39, 0.29) is 18.6 Å². The molecule has 0 bridgehead atoms. The van der Waals surface area contributed by atoms with E-state index < -0.39 is 0 Å². The van der Waals surface area contributed by atoms with Crippen LogP contribution in [0.1, 0.15) is 26.3 Å². The largest absolute Gasteiger partial charge is 0.490 e. The third-order valence-electron chi connectivity index (χ3n) is 2.15. The summed E-state index contributed by atoms with van der Waals surface area (Å²) >= 11 is 6.06. The number of hydrogen-bond acceptors (Lipinski definition) is 2. The minimum atomic E-state index is -0.00263. The second-order valence-electron chi connectivity index (χ2n) is 4.47. The monoisotopic (exact) mass is 228 g/mol. The topological polar surface area (TPSA) is 29.5 Å². The molecule has 0 unspecified atom stereocenters. The van der Waals surface area contributed by atoms with Crippen LogP contribution in [0.3, 0.4) is 0 Å². The maximum Gasteiger partial charge on any atom is 0.138 e. The Morgan fingerprint density at radius 1 is 1.33 bits per heavy atom. The number of halogens is 1. The van der Waals surface area contributed by atoms with Gasteiger partial charge >= 0.3 is 0 Å². The van der Waals surface area contributed by atoms with Crippen LogP contribution in [0.25, 0.3) is 0 Å². The van der Waals surface area contributed by atoms with Gasteiger partial charge in [0.2, 0.25) is 0 Å². The normalized spacial score (nSPS) is 11.5. The maximum atomic E-state index is 8.63. The molecule has 1 aromatic carbocycles. The van der Waals surface area contributed by atoms with Gasteiger partial charge in [-0.1, -0.05) is 38.4 Å². The van der Waals surface area contributed by atoms with Gasteiger partial charge in [-0.05, 0) is 23.1 Å². The van der Waals surface area contributed by atoms with Crippen molar-refractivity contribution in [3.63, 3.8) is 0 Å². The molecule has 0 radical (unpaired) electrons. The van der Waals surface area contributed by atoms with Crippen molar-refractivity contribution in [2.24, 2.45) is 0 Å². The molecule has 1 aromatic rings. The van der Waals surface area contributed by atoms with Crippen molar-refractivity contribution in [2.75, 3.05) is 13.2 Å². The molecule has 0 amide bonds. The summed E-state index contributed by atoms with van der Waals surface area (Å²) in [6, 6.07) is 5.76. The van der Waals surface area contributed by atoms with Crippen LogP contribution in [0.2, 0.25) is 5.02 Å². The molecule has 15 heavy (non-hydrogen) atoms.